The quantitative estimate of drug-likeness (QED) is 0.338. The third-order valence-electron chi connectivity index (χ3n) is 3.47. The van der Waals surface area contributed by atoms with Crippen LogP contribution in [0.5, 0.6) is 0 Å². The van der Waals surface area contributed by atoms with Crippen LogP contribution < -0.4 is 17.0 Å². The minimum absolute atomic E-state index is 0.0137. The molecule has 19 heavy (non-hydrogen) atoms. The molecule has 0 aromatic carbocycles. The van der Waals surface area contributed by atoms with Crippen molar-refractivity contribution in [2.45, 2.75) is 58.0 Å². The van der Waals surface area contributed by atoms with Gasteiger partial charge in [0.05, 0.1) is 0 Å². The Bertz CT molecular complexity index is 491. The molecule has 1 aromatic heterocycles. The lowest BCUT2D eigenvalue weighted by atomic mass is 10.2. The first-order chi connectivity index (χ1) is 9.22. The van der Waals surface area contributed by atoms with E-state index < -0.39 is 0 Å². The zero-order valence-electron chi connectivity index (χ0n) is 11.1. The first-order valence-corrected chi connectivity index (χ1v) is 6.88. The van der Waals surface area contributed by atoms with Gasteiger partial charge in [0.1, 0.15) is 5.82 Å². The van der Waals surface area contributed by atoms with Crippen molar-refractivity contribution in [3.63, 3.8) is 0 Å². The maximum atomic E-state index is 12.1. The number of carbonyl (C=O) groups excluding carboxylic acids is 1. The summed E-state index contributed by atoms with van der Waals surface area (Å²) in [4.78, 5) is 23.1. The van der Waals surface area contributed by atoms with Crippen LogP contribution in [-0.4, -0.2) is 20.3 Å². The Morgan fingerprint density at radius 3 is 2.95 bits per heavy atom. The lowest BCUT2D eigenvalue weighted by Gasteiger charge is -2.00. The van der Waals surface area contributed by atoms with Crippen LogP contribution in [0.3, 0.4) is 0 Å². The fourth-order valence-electron chi connectivity index (χ4n) is 2.39. The molecule has 0 aliphatic carbocycles. The van der Waals surface area contributed by atoms with E-state index in [2.05, 4.69) is 10.5 Å². The summed E-state index contributed by atoms with van der Waals surface area (Å²) in [5, 5.41) is 4.39. The minimum atomic E-state index is -0.173. The number of nitrogens with two attached hydrogens (primary N) is 1. The van der Waals surface area contributed by atoms with Crippen LogP contribution in [0.15, 0.2) is 4.79 Å². The van der Waals surface area contributed by atoms with Gasteiger partial charge in [-0.05, 0) is 25.7 Å². The monoisotopic (exact) mass is 267 g/mol. The highest BCUT2D eigenvalue weighted by Crippen LogP contribution is 2.10. The van der Waals surface area contributed by atoms with Gasteiger partial charge in [-0.2, -0.15) is 5.10 Å². The van der Waals surface area contributed by atoms with Crippen molar-refractivity contribution in [2.75, 3.05) is 0 Å². The molecule has 0 saturated heterocycles. The second-order valence-electron chi connectivity index (χ2n) is 4.91. The largest absolute Gasteiger partial charge is 0.345 e. The summed E-state index contributed by atoms with van der Waals surface area (Å²) in [5.41, 5.74) is 2.08. The summed E-state index contributed by atoms with van der Waals surface area (Å²) in [6.07, 6.45) is 6.05. The van der Waals surface area contributed by atoms with E-state index in [4.69, 9.17) is 5.84 Å². The maximum Gasteiger partial charge on any atom is 0.345 e. The molecular formula is C12H21N5O2. The van der Waals surface area contributed by atoms with Gasteiger partial charge in [-0.25, -0.2) is 15.3 Å². The van der Waals surface area contributed by atoms with Gasteiger partial charge in [-0.15, -0.1) is 0 Å². The van der Waals surface area contributed by atoms with E-state index in [1.807, 2.05) is 0 Å². The zero-order chi connectivity index (χ0) is 13.7. The number of rotatable bonds is 5. The first kappa shape index (κ1) is 13.8. The molecule has 0 fully saturated rings. The van der Waals surface area contributed by atoms with Gasteiger partial charge in [0.15, 0.2) is 0 Å². The standard InChI is InChI=1S/C12H21N5O2/c13-14-11(18)7-3-5-9-17-12(19)16-8-4-1-2-6-10(16)15-17/h1-9,13H2,(H,14,18). The van der Waals surface area contributed by atoms with Gasteiger partial charge >= 0.3 is 5.69 Å². The number of aromatic nitrogens is 3. The molecular weight excluding hydrogens is 246 g/mol. The van der Waals surface area contributed by atoms with E-state index in [9.17, 15) is 9.59 Å². The molecule has 1 aliphatic heterocycles. The normalized spacial score (nSPS) is 14.8. The highest BCUT2D eigenvalue weighted by Gasteiger charge is 2.15. The average Bonchev–Trinajstić information content (AvgIpc) is 2.60. The lowest BCUT2D eigenvalue weighted by molar-refractivity contribution is -0.121. The van der Waals surface area contributed by atoms with Crippen LogP contribution in [0.4, 0.5) is 0 Å². The van der Waals surface area contributed by atoms with Crippen LogP contribution in [0.25, 0.3) is 0 Å². The molecule has 0 bridgehead atoms. The molecule has 7 heteroatoms. The zero-order valence-corrected chi connectivity index (χ0v) is 11.1. The Labute approximate surface area is 111 Å². The summed E-state index contributed by atoms with van der Waals surface area (Å²) in [7, 11) is 0. The topological polar surface area (TPSA) is 94.9 Å². The third-order valence-corrected chi connectivity index (χ3v) is 3.47. The van der Waals surface area contributed by atoms with Crippen molar-refractivity contribution >= 4 is 5.91 Å². The highest BCUT2D eigenvalue weighted by atomic mass is 16.2. The van der Waals surface area contributed by atoms with E-state index in [1.165, 1.54) is 4.68 Å². The average molecular weight is 267 g/mol. The number of hydrogen-bond acceptors (Lipinski definition) is 4. The van der Waals surface area contributed by atoms with Crippen LogP contribution in [0.1, 0.15) is 44.3 Å². The summed E-state index contributed by atoms with van der Waals surface area (Å²) in [5.74, 6) is 5.73. The van der Waals surface area contributed by atoms with E-state index >= 15 is 0 Å². The van der Waals surface area contributed by atoms with E-state index in [1.54, 1.807) is 4.57 Å². The minimum Gasteiger partial charge on any atom is -0.294 e. The second kappa shape index (κ2) is 6.51. The molecule has 0 saturated carbocycles. The summed E-state index contributed by atoms with van der Waals surface area (Å²) in [6, 6.07) is 0. The number of fused-ring (bicyclic) bond motifs is 1. The van der Waals surface area contributed by atoms with Crippen LogP contribution in [0.2, 0.25) is 0 Å². The van der Waals surface area contributed by atoms with Crippen molar-refractivity contribution in [3.8, 4) is 0 Å². The Kier molecular flexibility index (Phi) is 4.73. The molecule has 0 radical (unpaired) electrons. The molecule has 2 rings (SSSR count). The van der Waals surface area contributed by atoms with Crippen LogP contribution in [-0.2, 0) is 24.3 Å². The van der Waals surface area contributed by atoms with Gasteiger partial charge in [0.25, 0.3) is 0 Å². The number of hydrazine groups is 1. The Morgan fingerprint density at radius 2 is 2.16 bits per heavy atom. The van der Waals surface area contributed by atoms with Crippen LogP contribution >= 0.6 is 0 Å². The molecule has 3 N–H and O–H groups in total. The lowest BCUT2D eigenvalue weighted by Crippen LogP contribution is -2.29. The van der Waals surface area contributed by atoms with Gasteiger partial charge in [0, 0.05) is 25.9 Å². The Balaban J connectivity index is 1.91. The van der Waals surface area contributed by atoms with Crippen molar-refractivity contribution in [1.82, 2.24) is 19.8 Å². The number of nitrogens with one attached hydrogen (secondary N) is 1. The molecule has 0 atom stereocenters. The Hall–Kier alpha value is -1.63. The number of hydrogen-bond donors (Lipinski definition) is 2. The van der Waals surface area contributed by atoms with Crippen molar-refractivity contribution in [2.24, 2.45) is 5.84 Å². The first-order valence-electron chi connectivity index (χ1n) is 6.88. The molecule has 1 aromatic rings. The Morgan fingerprint density at radius 1 is 1.32 bits per heavy atom. The molecule has 106 valence electrons. The van der Waals surface area contributed by atoms with Gasteiger partial charge in [-0.1, -0.05) is 6.42 Å². The number of amides is 1. The van der Waals surface area contributed by atoms with E-state index in [0.29, 0.717) is 19.4 Å². The predicted molar refractivity (Wildman–Crippen MR) is 70.2 cm³/mol. The third kappa shape index (κ3) is 3.44. The van der Waals surface area contributed by atoms with Gasteiger partial charge in [0.2, 0.25) is 5.91 Å². The molecule has 1 aliphatic rings. The van der Waals surface area contributed by atoms with Crippen molar-refractivity contribution in [3.05, 3.63) is 16.3 Å². The SMILES string of the molecule is NNC(=O)CCCCn1nc2n(c1=O)CCCCC2. The fourth-order valence-corrected chi connectivity index (χ4v) is 2.39. The summed E-state index contributed by atoms with van der Waals surface area (Å²) in [6.45, 7) is 1.35. The number of aryl methyl sites for hydroxylation is 2. The van der Waals surface area contributed by atoms with Crippen molar-refractivity contribution < 1.29 is 4.79 Å². The predicted octanol–water partition coefficient (Wildman–Crippen LogP) is -0.0686. The van der Waals surface area contributed by atoms with Gasteiger partial charge in [-0.3, -0.25) is 14.8 Å². The molecule has 0 unspecified atom stereocenters. The second-order valence-corrected chi connectivity index (χ2v) is 4.91. The smallest absolute Gasteiger partial charge is 0.294 e. The number of carbonyl (C=O) groups is 1. The highest BCUT2D eigenvalue weighted by molar-refractivity contribution is 5.74. The van der Waals surface area contributed by atoms with Crippen molar-refractivity contribution in [1.29, 1.82) is 0 Å². The fraction of sp³-hybridized carbons (Fsp3) is 0.750. The molecule has 0 spiro atoms. The summed E-state index contributed by atoms with van der Waals surface area (Å²) >= 11 is 0. The van der Waals surface area contributed by atoms with Gasteiger partial charge < -0.3 is 0 Å². The number of unbranched alkanes of at least 4 members (excludes halogenated alkanes) is 1. The molecule has 7 nitrogen and oxygen atoms in total. The number of nitrogens with zero attached hydrogens (tertiary/aromatic N) is 3. The summed E-state index contributed by atoms with van der Waals surface area (Å²) < 4.78 is 3.32. The maximum absolute atomic E-state index is 12.1. The van der Waals surface area contributed by atoms with E-state index in [0.717, 1.165) is 44.5 Å². The van der Waals surface area contributed by atoms with Crippen LogP contribution in [0, 0.1) is 0 Å². The van der Waals surface area contributed by atoms with E-state index in [-0.39, 0.29) is 11.6 Å². The molecule has 2 heterocycles. The molecule has 1 amide bonds.